The van der Waals surface area contributed by atoms with Crippen LogP contribution in [0.4, 0.5) is 4.79 Å². The molecule has 1 saturated heterocycles. The Balaban J connectivity index is 2.25. The second kappa shape index (κ2) is 7.73. The van der Waals surface area contributed by atoms with Crippen LogP contribution in [0, 0.1) is 5.92 Å². The normalized spacial score (nSPS) is 24.0. The molecule has 1 fully saturated rings. The highest BCUT2D eigenvalue weighted by Gasteiger charge is 2.24. The van der Waals surface area contributed by atoms with E-state index in [2.05, 4.69) is 17.6 Å². The summed E-state index contributed by atoms with van der Waals surface area (Å²) in [5.41, 5.74) is -0.415. The zero-order chi connectivity index (χ0) is 14.3. The molecule has 1 heterocycles. The van der Waals surface area contributed by atoms with Crippen LogP contribution in [0.25, 0.3) is 0 Å². The minimum Gasteiger partial charge on any atom is -0.444 e. The molecule has 1 amide bonds. The maximum Gasteiger partial charge on any atom is 0.407 e. The summed E-state index contributed by atoms with van der Waals surface area (Å²) in [6.45, 7) is 9.73. The smallest absolute Gasteiger partial charge is 0.407 e. The number of nitrogens with one attached hydrogen (secondary N) is 2. The van der Waals surface area contributed by atoms with Gasteiger partial charge in [-0.1, -0.05) is 13.3 Å². The van der Waals surface area contributed by atoms with E-state index in [1.54, 1.807) is 0 Å². The van der Waals surface area contributed by atoms with Gasteiger partial charge >= 0.3 is 6.09 Å². The summed E-state index contributed by atoms with van der Waals surface area (Å²) in [6.07, 6.45) is 5.70. The molecular weight excluding hydrogens is 240 g/mol. The summed E-state index contributed by atoms with van der Waals surface area (Å²) in [4.78, 5) is 11.6. The van der Waals surface area contributed by atoms with Gasteiger partial charge in [-0.2, -0.15) is 0 Å². The van der Waals surface area contributed by atoms with E-state index in [9.17, 15) is 4.79 Å². The summed E-state index contributed by atoms with van der Waals surface area (Å²) in [6, 6.07) is 0.624. The van der Waals surface area contributed by atoms with Crippen LogP contribution in [-0.2, 0) is 4.74 Å². The molecular formula is C15H30N2O2. The lowest BCUT2D eigenvalue weighted by atomic mass is 9.86. The molecule has 0 aromatic heterocycles. The van der Waals surface area contributed by atoms with Gasteiger partial charge in [0.2, 0.25) is 0 Å². The van der Waals surface area contributed by atoms with E-state index in [0.717, 1.165) is 13.0 Å². The highest BCUT2D eigenvalue weighted by atomic mass is 16.6. The topological polar surface area (TPSA) is 50.4 Å². The van der Waals surface area contributed by atoms with Gasteiger partial charge in [-0.15, -0.1) is 0 Å². The molecule has 2 atom stereocenters. The van der Waals surface area contributed by atoms with Crippen molar-refractivity contribution in [1.82, 2.24) is 10.6 Å². The van der Waals surface area contributed by atoms with Gasteiger partial charge in [-0.05, 0) is 58.9 Å². The largest absolute Gasteiger partial charge is 0.444 e. The molecule has 0 radical (unpaired) electrons. The van der Waals surface area contributed by atoms with Gasteiger partial charge in [0, 0.05) is 12.6 Å². The Labute approximate surface area is 117 Å². The SMILES string of the molecule is CCCC1NCCCC1CCNC(=O)OC(C)(C)C. The molecule has 1 rings (SSSR count). The number of ether oxygens (including phenoxy) is 1. The summed E-state index contributed by atoms with van der Waals surface area (Å²) in [5, 5.41) is 6.46. The Kier molecular flexibility index (Phi) is 6.63. The van der Waals surface area contributed by atoms with Crippen LogP contribution < -0.4 is 10.6 Å². The van der Waals surface area contributed by atoms with Crippen molar-refractivity contribution in [2.75, 3.05) is 13.1 Å². The first-order chi connectivity index (χ1) is 8.92. The van der Waals surface area contributed by atoms with Gasteiger partial charge in [0.1, 0.15) is 5.60 Å². The third-order valence-electron chi connectivity index (χ3n) is 3.51. The zero-order valence-corrected chi connectivity index (χ0v) is 12.9. The molecule has 19 heavy (non-hydrogen) atoms. The molecule has 112 valence electrons. The number of alkyl carbamates (subject to hydrolysis) is 1. The van der Waals surface area contributed by atoms with E-state index >= 15 is 0 Å². The molecule has 0 bridgehead atoms. The lowest BCUT2D eigenvalue weighted by molar-refractivity contribution is 0.0522. The Morgan fingerprint density at radius 3 is 2.74 bits per heavy atom. The van der Waals surface area contributed by atoms with Gasteiger partial charge in [0.05, 0.1) is 0 Å². The first-order valence-electron chi connectivity index (χ1n) is 7.62. The Hall–Kier alpha value is -0.770. The minimum absolute atomic E-state index is 0.302. The quantitative estimate of drug-likeness (QED) is 0.807. The van der Waals surface area contributed by atoms with Gasteiger partial charge in [-0.3, -0.25) is 0 Å². The third-order valence-corrected chi connectivity index (χ3v) is 3.51. The molecule has 0 spiro atoms. The van der Waals surface area contributed by atoms with Crippen molar-refractivity contribution in [2.24, 2.45) is 5.92 Å². The van der Waals surface area contributed by atoms with Crippen molar-refractivity contribution < 1.29 is 9.53 Å². The number of amides is 1. The van der Waals surface area contributed by atoms with Crippen molar-refractivity contribution in [2.45, 2.75) is 71.4 Å². The van der Waals surface area contributed by atoms with Crippen molar-refractivity contribution in [3.63, 3.8) is 0 Å². The van der Waals surface area contributed by atoms with Crippen LogP contribution in [-0.4, -0.2) is 30.8 Å². The van der Waals surface area contributed by atoms with Crippen molar-refractivity contribution in [1.29, 1.82) is 0 Å². The maximum absolute atomic E-state index is 11.6. The highest BCUT2D eigenvalue weighted by molar-refractivity contribution is 5.67. The number of hydrogen-bond acceptors (Lipinski definition) is 3. The van der Waals surface area contributed by atoms with Gasteiger partial charge < -0.3 is 15.4 Å². The summed E-state index contributed by atoms with van der Waals surface area (Å²) in [7, 11) is 0. The van der Waals surface area contributed by atoms with E-state index in [-0.39, 0.29) is 6.09 Å². The second-order valence-corrected chi connectivity index (χ2v) is 6.47. The van der Waals surface area contributed by atoms with Crippen LogP contribution in [0.3, 0.4) is 0 Å². The molecule has 1 aliphatic heterocycles. The first-order valence-corrected chi connectivity index (χ1v) is 7.62. The first kappa shape index (κ1) is 16.3. The van der Waals surface area contributed by atoms with Crippen molar-refractivity contribution in [3.05, 3.63) is 0 Å². The average molecular weight is 270 g/mol. The Morgan fingerprint density at radius 1 is 1.37 bits per heavy atom. The molecule has 4 nitrogen and oxygen atoms in total. The predicted molar refractivity (Wildman–Crippen MR) is 78.3 cm³/mol. The van der Waals surface area contributed by atoms with E-state index in [1.807, 2.05) is 20.8 Å². The van der Waals surface area contributed by atoms with E-state index < -0.39 is 5.60 Å². The number of carbonyl (C=O) groups excluding carboxylic acids is 1. The van der Waals surface area contributed by atoms with Crippen molar-refractivity contribution >= 4 is 6.09 Å². The van der Waals surface area contributed by atoms with Crippen LogP contribution in [0.1, 0.15) is 59.8 Å². The number of hydrogen-bond donors (Lipinski definition) is 2. The lowest BCUT2D eigenvalue weighted by Gasteiger charge is -2.32. The third kappa shape index (κ3) is 6.81. The van der Waals surface area contributed by atoms with Gasteiger partial charge in [0.25, 0.3) is 0 Å². The predicted octanol–water partition coefficient (Wildman–Crippen LogP) is 3.07. The van der Waals surface area contributed by atoms with Crippen LogP contribution in [0.15, 0.2) is 0 Å². The molecule has 0 aliphatic carbocycles. The van der Waals surface area contributed by atoms with E-state index in [0.29, 0.717) is 18.5 Å². The highest BCUT2D eigenvalue weighted by Crippen LogP contribution is 2.22. The van der Waals surface area contributed by atoms with Gasteiger partial charge in [0.15, 0.2) is 0 Å². The van der Waals surface area contributed by atoms with Crippen molar-refractivity contribution in [3.8, 4) is 0 Å². The van der Waals surface area contributed by atoms with Crippen LogP contribution >= 0.6 is 0 Å². The van der Waals surface area contributed by atoms with E-state index in [4.69, 9.17) is 4.74 Å². The minimum atomic E-state index is -0.415. The van der Waals surface area contributed by atoms with Crippen LogP contribution in [0.5, 0.6) is 0 Å². The Bertz CT molecular complexity index is 272. The fourth-order valence-electron chi connectivity index (χ4n) is 2.69. The van der Waals surface area contributed by atoms with Gasteiger partial charge in [-0.25, -0.2) is 4.79 Å². The fraction of sp³-hybridized carbons (Fsp3) is 0.933. The summed E-state index contributed by atoms with van der Waals surface area (Å²) in [5.74, 6) is 0.684. The number of rotatable bonds is 5. The second-order valence-electron chi connectivity index (χ2n) is 6.47. The monoisotopic (exact) mass is 270 g/mol. The van der Waals surface area contributed by atoms with Crippen LogP contribution in [0.2, 0.25) is 0 Å². The molecule has 0 saturated carbocycles. The fourth-order valence-corrected chi connectivity index (χ4v) is 2.69. The molecule has 0 aromatic rings. The molecule has 0 aromatic carbocycles. The molecule has 2 N–H and O–H groups in total. The standard InChI is InChI=1S/C15H30N2O2/c1-5-7-13-12(8-6-10-16-13)9-11-17-14(18)19-15(2,3)4/h12-13,16H,5-11H2,1-4H3,(H,17,18). The Morgan fingerprint density at radius 2 is 2.11 bits per heavy atom. The lowest BCUT2D eigenvalue weighted by Crippen LogP contribution is -2.42. The average Bonchev–Trinajstić information content (AvgIpc) is 2.29. The summed E-state index contributed by atoms with van der Waals surface area (Å²) < 4.78 is 5.24. The summed E-state index contributed by atoms with van der Waals surface area (Å²) >= 11 is 0. The molecule has 2 unspecified atom stereocenters. The molecule has 4 heteroatoms. The maximum atomic E-state index is 11.6. The molecule has 1 aliphatic rings. The number of carbonyl (C=O) groups is 1. The van der Waals surface area contributed by atoms with E-state index in [1.165, 1.54) is 25.7 Å². The zero-order valence-electron chi connectivity index (χ0n) is 12.9. The number of piperidine rings is 1.